The lowest BCUT2D eigenvalue weighted by molar-refractivity contribution is 0.245. The van der Waals surface area contributed by atoms with Crippen molar-refractivity contribution >= 4 is 0 Å². The van der Waals surface area contributed by atoms with Gasteiger partial charge in [-0.05, 0) is 31.6 Å². The van der Waals surface area contributed by atoms with Gasteiger partial charge in [-0.15, -0.1) is 0 Å². The second kappa shape index (κ2) is 6.83. The van der Waals surface area contributed by atoms with Crippen LogP contribution in [0.3, 0.4) is 0 Å². The first kappa shape index (κ1) is 14.2. The average molecular weight is 285 g/mol. The number of rotatable bonds is 4. The SMILES string of the molecule is Cn1cc(CN2CCCN(Cc3ccccn3)CC2)cn1. The quantitative estimate of drug-likeness (QED) is 0.853. The Morgan fingerprint density at radius 3 is 2.52 bits per heavy atom. The predicted octanol–water partition coefficient (Wildman–Crippen LogP) is 1.52. The van der Waals surface area contributed by atoms with Crippen LogP contribution in [0.2, 0.25) is 0 Å². The van der Waals surface area contributed by atoms with Crippen molar-refractivity contribution < 1.29 is 0 Å². The van der Waals surface area contributed by atoms with Crippen molar-refractivity contribution in [2.24, 2.45) is 7.05 Å². The van der Waals surface area contributed by atoms with Gasteiger partial charge in [0.25, 0.3) is 0 Å². The van der Waals surface area contributed by atoms with E-state index in [-0.39, 0.29) is 0 Å². The molecule has 2 aromatic rings. The minimum atomic E-state index is 0.960. The first-order valence-electron chi connectivity index (χ1n) is 7.62. The molecule has 21 heavy (non-hydrogen) atoms. The second-order valence-electron chi connectivity index (χ2n) is 5.75. The molecule has 0 aliphatic carbocycles. The molecule has 3 rings (SSSR count). The number of aromatic nitrogens is 3. The van der Waals surface area contributed by atoms with Gasteiger partial charge in [-0.25, -0.2) is 0 Å². The summed E-state index contributed by atoms with van der Waals surface area (Å²) in [6.07, 6.45) is 7.17. The highest BCUT2D eigenvalue weighted by Crippen LogP contribution is 2.10. The smallest absolute Gasteiger partial charge is 0.0543 e. The van der Waals surface area contributed by atoms with Crippen LogP contribution in [-0.2, 0) is 20.1 Å². The largest absolute Gasteiger partial charge is 0.298 e. The van der Waals surface area contributed by atoms with Gasteiger partial charge in [-0.2, -0.15) is 5.10 Å². The molecule has 5 nitrogen and oxygen atoms in total. The first-order valence-corrected chi connectivity index (χ1v) is 7.62. The molecular weight excluding hydrogens is 262 g/mol. The molecule has 2 aromatic heterocycles. The third kappa shape index (κ3) is 4.12. The fraction of sp³-hybridized carbons (Fsp3) is 0.500. The summed E-state index contributed by atoms with van der Waals surface area (Å²) in [7, 11) is 1.97. The van der Waals surface area contributed by atoms with Crippen LogP contribution in [0, 0.1) is 0 Å². The molecule has 0 bridgehead atoms. The molecule has 1 aliphatic rings. The molecule has 0 aromatic carbocycles. The van der Waals surface area contributed by atoms with Gasteiger partial charge in [0.2, 0.25) is 0 Å². The van der Waals surface area contributed by atoms with E-state index in [1.165, 1.54) is 17.7 Å². The van der Waals surface area contributed by atoms with Crippen molar-refractivity contribution in [3.05, 3.63) is 48.0 Å². The highest BCUT2D eigenvalue weighted by Gasteiger charge is 2.15. The minimum absolute atomic E-state index is 0.960. The van der Waals surface area contributed by atoms with Crippen molar-refractivity contribution in [1.29, 1.82) is 0 Å². The molecule has 3 heterocycles. The van der Waals surface area contributed by atoms with Crippen LogP contribution in [0.5, 0.6) is 0 Å². The zero-order chi connectivity index (χ0) is 14.5. The van der Waals surface area contributed by atoms with Gasteiger partial charge in [0, 0.05) is 51.2 Å². The van der Waals surface area contributed by atoms with E-state index in [1.54, 1.807) is 0 Å². The van der Waals surface area contributed by atoms with E-state index in [9.17, 15) is 0 Å². The summed E-state index contributed by atoms with van der Waals surface area (Å²) in [5.74, 6) is 0. The van der Waals surface area contributed by atoms with E-state index in [1.807, 2.05) is 30.2 Å². The van der Waals surface area contributed by atoms with Gasteiger partial charge in [0.15, 0.2) is 0 Å². The molecule has 0 atom stereocenters. The summed E-state index contributed by atoms with van der Waals surface area (Å²) < 4.78 is 1.88. The van der Waals surface area contributed by atoms with Gasteiger partial charge < -0.3 is 0 Å². The Hall–Kier alpha value is -1.72. The standard InChI is InChI=1S/C16H23N5/c1-19-12-15(11-18-19)13-20-7-4-8-21(10-9-20)14-16-5-2-3-6-17-16/h2-3,5-6,11-12H,4,7-10,13-14H2,1H3. The van der Waals surface area contributed by atoms with Crippen molar-refractivity contribution in [3.63, 3.8) is 0 Å². The zero-order valence-corrected chi connectivity index (χ0v) is 12.6. The first-order chi connectivity index (χ1) is 10.3. The Bertz CT molecular complexity index is 551. The minimum Gasteiger partial charge on any atom is -0.298 e. The normalized spacial score (nSPS) is 17.8. The fourth-order valence-electron chi connectivity index (χ4n) is 2.87. The van der Waals surface area contributed by atoms with Crippen molar-refractivity contribution in [2.45, 2.75) is 19.5 Å². The average Bonchev–Trinajstić information content (AvgIpc) is 2.77. The highest BCUT2D eigenvalue weighted by atomic mass is 15.3. The molecule has 0 unspecified atom stereocenters. The second-order valence-corrected chi connectivity index (χ2v) is 5.75. The molecular formula is C16H23N5. The number of hydrogen-bond acceptors (Lipinski definition) is 4. The van der Waals surface area contributed by atoms with E-state index in [4.69, 9.17) is 0 Å². The van der Waals surface area contributed by atoms with Crippen LogP contribution in [0.15, 0.2) is 36.8 Å². The van der Waals surface area contributed by atoms with Crippen LogP contribution < -0.4 is 0 Å². The maximum Gasteiger partial charge on any atom is 0.0543 e. The van der Waals surface area contributed by atoms with Crippen LogP contribution in [0.1, 0.15) is 17.7 Å². The summed E-state index contributed by atoms with van der Waals surface area (Å²) in [5, 5.41) is 4.25. The number of aryl methyl sites for hydroxylation is 1. The van der Waals surface area contributed by atoms with Crippen molar-refractivity contribution in [3.8, 4) is 0 Å². The third-order valence-electron chi connectivity index (χ3n) is 3.96. The lowest BCUT2D eigenvalue weighted by atomic mass is 10.3. The molecule has 0 amide bonds. The Balaban J connectivity index is 1.52. The van der Waals surface area contributed by atoms with Gasteiger partial charge in [0.05, 0.1) is 11.9 Å². The lowest BCUT2D eigenvalue weighted by Crippen LogP contribution is -2.30. The van der Waals surface area contributed by atoms with Gasteiger partial charge in [-0.1, -0.05) is 6.07 Å². The van der Waals surface area contributed by atoms with Crippen LogP contribution in [0.4, 0.5) is 0 Å². The third-order valence-corrected chi connectivity index (χ3v) is 3.96. The maximum atomic E-state index is 4.43. The van der Waals surface area contributed by atoms with E-state index >= 15 is 0 Å². The Morgan fingerprint density at radius 1 is 1.05 bits per heavy atom. The summed E-state index contributed by atoms with van der Waals surface area (Å²) >= 11 is 0. The summed E-state index contributed by atoms with van der Waals surface area (Å²) in [6.45, 7) is 6.50. The molecule has 1 saturated heterocycles. The zero-order valence-electron chi connectivity index (χ0n) is 12.6. The molecule has 1 fully saturated rings. The van der Waals surface area contributed by atoms with Crippen molar-refractivity contribution in [2.75, 3.05) is 26.2 Å². The van der Waals surface area contributed by atoms with Gasteiger partial charge in [0.1, 0.15) is 0 Å². The molecule has 0 radical (unpaired) electrons. The summed E-state index contributed by atoms with van der Waals surface area (Å²) in [6, 6.07) is 6.15. The monoisotopic (exact) mass is 285 g/mol. The highest BCUT2D eigenvalue weighted by molar-refractivity contribution is 5.04. The van der Waals surface area contributed by atoms with Crippen LogP contribution >= 0.6 is 0 Å². The molecule has 1 aliphatic heterocycles. The maximum absolute atomic E-state index is 4.43. The molecule has 0 N–H and O–H groups in total. The Labute approximate surface area is 126 Å². The van der Waals surface area contributed by atoms with E-state index in [2.05, 4.69) is 38.2 Å². The fourth-order valence-corrected chi connectivity index (χ4v) is 2.87. The molecule has 112 valence electrons. The Morgan fingerprint density at radius 2 is 1.86 bits per heavy atom. The summed E-state index contributed by atoms with van der Waals surface area (Å²) in [4.78, 5) is 9.46. The van der Waals surface area contributed by atoms with E-state index in [0.717, 1.165) is 39.3 Å². The number of hydrogen-bond donors (Lipinski definition) is 0. The van der Waals surface area contributed by atoms with Crippen LogP contribution in [0.25, 0.3) is 0 Å². The molecule has 5 heteroatoms. The van der Waals surface area contributed by atoms with Crippen LogP contribution in [-0.4, -0.2) is 50.7 Å². The number of pyridine rings is 1. The lowest BCUT2D eigenvalue weighted by Gasteiger charge is -2.21. The summed E-state index contributed by atoms with van der Waals surface area (Å²) in [5.41, 5.74) is 2.47. The predicted molar refractivity (Wildman–Crippen MR) is 82.6 cm³/mol. The van der Waals surface area contributed by atoms with Crippen molar-refractivity contribution in [1.82, 2.24) is 24.6 Å². The van der Waals surface area contributed by atoms with Gasteiger partial charge in [-0.3, -0.25) is 19.5 Å². The molecule has 0 saturated carbocycles. The van der Waals surface area contributed by atoms with E-state index in [0.29, 0.717) is 0 Å². The Kier molecular flexibility index (Phi) is 4.62. The van der Waals surface area contributed by atoms with E-state index < -0.39 is 0 Å². The topological polar surface area (TPSA) is 37.2 Å². The number of nitrogens with zero attached hydrogens (tertiary/aromatic N) is 5. The van der Waals surface area contributed by atoms with Gasteiger partial charge >= 0.3 is 0 Å². The molecule has 0 spiro atoms.